The molecule has 126 valence electrons. The maximum atomic E-state index is 12.2. The molecule has 1 amide bonds. The average Bonchev–Trinajstić information content (AvgIpc) is 3.09. The van der Waals surface area contributed by atoms with E-state index in [1.165, 1.54) is 17.3 Å². The Hall–Kier alpha value is -2.92. The highest BCUT2D eigenvalue weighted by Gasteiger charge is 2.11. The van der Waals surface area contributed by atoms with Crippen LogP contribution in [0.3, 0.4) is 0 Å². The fourth-order valence-electron chi connectivity index (χ4n) is 2.29. The van der Waals surface area contributed by atoms with Crippen molar-refractivity contribution in [1.29, 1.82) is 0 Å². The fraction of sp³-hybridized carbons (Fsp3) is 0.105. The number of H-pyrrole nitrogens is 1. The Morgan fingerprint density at radius 3 is 2.72 bits per heavy atom. The van der Waals surface area contributed by atoms with Gasteiger partial charge in [-0.2, -0.15) is 10.2 Å². The lowest BCUT2D eigenvalue weighted by molar-refractivity contribution is 0.0950. The second kappa shape index (κ2) is 7.32. The summed E-state index contributed by atoms with van der Waals surface area (Å²) in [6.07, 6.45) is 1.50. The summed E-state index contributed by atoms with van der Waals surface area (Å²) >= 11 is 6.03. The molecule has 0 radical (unpaired) electrons. The molecule has 0 saturated heterocycles. The number of halogens is 1. The average molecular weight is 353 g/mol. The van der Waals surface area contributed by atoms with Gasteiger partial charge in [0, 0.05) is 16.1 Å². The van der Waals surface area contributed by atoms with Gasteiger partial charge >= 0.3 is 0 Å². The third-order valence-corrected chi connectivity index (χ3v) is 4.24. The second-order valence-electron chi connectivity index (χ2n) is 5.69. The Labute approximate surface area is 150 Å². The zero-order chi connectivity index (χ0) is 17.8. The van der Waals surface area contributed by atoms with E-state index in [0.717, 1.165) is 11.1 Å². The number of hydrogen-bond acceptors (Lipinski definition) is 3. The molecule has 2 N–H and O–H groups in total. The van der Waals surface area contributed by atoms with Crippen LogP contribution in [0.1, 0.15) is 27.2 Å². The van der Waals surface area contributed by atoms with Crippen molar-refractivity contribution < 1.29 is 4.79 Å². The summed E-state index contributed by atoms with van der Waals surface area (Å²) in [5.74, 6) is -0.370. The van der Waals surface area contributed by atoms with E-state index in [-0.39, 0.29) is 5.91 Å². The third kappa shape index (κ3) is 3.95. The Morgan fingerprint density at radius 2 is 1.96 bits per heavy atom. The number of carbonyl (C=O) groups excluding carboxylic acids is 1. The van der Waals surface area contributed by atoms with E-state index in [2.05, 4.69) is 27.6 Å². The van der Waals surface area contributed by atoms with Gasteiger partial charge in [-0.05, 0) is 43.2 Å². The van der Waals surface area contributed by atoms with Crippen LogP contribution in [0.4, 0.5) is 0 Å². The molecule has 1 heterocycles. The lowest BCUT2D eigenvalue weighted by atomic mass is 10.0. The van der Waals surface area contributed by atoms with Gasteiger partial charge in [0.2, 0.25) is 0 Å². The monoisotopic (exact) mass is 352 g/mol. The molecule has 0 atom stereocenters. The predicted octanol–water partition coefficient (Wildman–Crippen LogP) is 4.11. The highest BCUT2D eigenvalue weighted by Crippen LogP contribution is 2.20. The molecule has 3 rings (SSSR count). The van der Waals surface area contributed by atoms with E-state index in [4.69, 9.17) is 11.6 Å². The van der Waals surface area contributed by atoms with Gasteiger partial charge < -0.3 is 0 Å². The minimum atomic E-state index is -0.370. The number of carbonyl (C=O) groups is 1. The zero-order valence-corrected chi connectivity index (χ0v) is 14.6. The molecule has 0 bridgehead atoms. The molecule has 0 unspecified atom stereocenters. The molecule has 0 spiro atoms. The van der Waals surface area contributed by atoms with Gasteiger partial charge in [-0.3, -0.25) is 9.89 Å². The summed E-state index contributed by atoms with van der Waals surface area (Å²) in [4.78, 5) is 12.2. The molecule has 0 saturated carbocycles. The summed E-state index contributed by atoms with van der Waals surface area (Å²) in [6, 6.07) is 15.0. The minimum absolute atomic E-state index is 0.338. The van der Waals surface area contributed by atoms with E-state index in [0.29, 0.717) is 16.4 Å². The van der Waals surface area contributed by atoms with Crippen LogP contribution in [-0.4, -0.2) is 22.3 Å². The van der Waals surface area contributed by atoms with Gasteiger partial charge in [0.15, 0.2) is 0 Å². The first-order chi connectivity index (χ1) is 12.0. The maximum Gasteiger partial charge on any atom is 0.289 e. The first-order valence-corrected chi connectivity index (χ1v) is 8.13. The van der Waals surface area contributed by atoms with Gasteiger partial charge in [0.05, 0.1) is 11.9 Å². The van der Waals surface area contributed by atoms with Gasteiger partial charge in [-0.25, -0.2) is 5.43 Å². The number of aryl methyl sites for hydroxylation is 2. The summed E-state index contributed by atoms with van der Waals surface area (Å²) in [5.41, 5.74) is 7.58. The molecular weight excluding hydrogens is 336 g/mol. The highest BCUT2D eigenvalue weighted by molar-refractivity contribution is 6.33. The number of hydrogen-bond donors (Lipinski definition) is 2. The lowest BCUT2D eigenvalue weighted by Crippen LogP contribution is -2.18. The van der Waals surface area contributed by atoms with Crippen molar-refractivity contribution >= 4 is 23.7 Å². The van der Waals surface area contributed by atoms with Crippen LogP contribution in [0.5, 0.6) is 0 Å². The van der Waals surface area contributed by atoms with E-state index in [1.807, 2.05) is 43.3 Å². The SMILES string of the molecule is Cc1ccc(-c2cc(C(=O)N/N=C\c3ccccc3Cl)[nH]n2)cc1C. The summed E-state index contributed by atoms with van der Waals surface area (Å²) < 4.78 is 0. The van der Waals surface area contributed by atoms with Crippen molar-refractivity contribution in [2.24, 2.45) is 5.10 Å². The number of aromatic nitrogens is 2. The Balaban J connectivity index is 1.70. The second-order valence-corrected chi connectivity index (χ2v) is 6.09. The van der Waals surface area contributed by atoms with Crippen LogP contribution in [0.25, 0.3) is 11.3 Å². The Kier molecular flexibility index (Phi) is 4.95. The Bertz CT molecular complexity index is 946. The molecule has 2 aromatic carbocycles. The van der Waals surface area contributed by atoms with Gasteiger partial charge in [-0.15, -0.1) is 0 Å². The van der Waals surface area contributed by atoms with Gasteiger partial charge in [0.25, 0.3) is 5.91 Å². The van der Waals surface area contributed by atoms with Gasteiger partial charge in [-0.1, -0.05) is 41.9 Å². The van der Waals surface area contributed by atoms with E-state index < -0.39 is 0 Å². The van der Waals surface area contributed by atoms with Crippen LogP contribution < -0.4 is 5.43 Å². The normalized spacial score (nSPS) is 11.0. The maximum absolute atomic E-state index is 12.2. The number of nitrogens with zero attached hydrogens (tertiary/aromatic N) is 2. The first-order valence-electron chi connectivity index (χ1n) is 7.75. The molecular formula is C19H17ClN4O. The quantitative estimate of drug-likeness (QED) is 0.548. The number of hydrazone groups is 1. The van der Waals surface area contributed by atoms with Crippen LogP contribution >= 0.6 is 11.6 Å². The highest BCUT2D eigenvalue weighted by atomic mass is 35.5. The molecule has 1 aromatic heterocycles. The summed E-state index contributed by atoms with van der Waals surface area (Å²) in [6.45, 7) is 4.10. The van der Waals surface area contributed by atoms with Gasteiger partial charge in [0.1, 0.15) is 5.69 Å². The van der Waals surface area contributed by atoms with Crippen LogP contribution in [0.2, 0.25) is 5.02 Å². The van der Waals surface area contributed by atoms with Crippen molar-refractivity contribution in [3.8, 4) is 11.3 Å². The summed E-state index contributed by atoms with van der Waals surface area (Å²) in [7, 11) is 0. The van der Waals surface area contributed by atoms with E-state index >= 15 is 0 Å². The minimum Gasteiger partial charge on any atom is -0.272 e. The smallest absolute Gasteiger partial charge is 0.272 e. The number of benzene rings is 2. The number of amides is 1. The Morgan fingerprint density at radius 1 is 1.16 bits per heavy atom. The van der Waals surface area contributed by atoms with Crippen molar-refractivity contribution in [1.82, 2.24) is 15.6 Å². The molecule has 0 aliphatic carbocycles. The molecule has 6 heteroatoms. The molecule has 0 fully saturated rings. The van der Waals surface area contributed by atoms with E-state index in [9.17, 15) is 4.79 Å². The molecule has 5 nitrogen and oxygen atoms in total. The van der Waals surface area contributed by atoms with E-state index in [1.54, 1.807) is 12.1 Å². The first kappa shape index (κ1) is 16.9. The predicted molar refractivity (Wildman–Crippen MR) is 100 cm³/mol. The summed E-state index contributed by atoms with van der Waals surface area (Å²) in [5, 5.41) is 11.4. The zero-order valence-electron chi connectivity index (χ0n) is 13.9. The lowest BCUT2D eigenvalue weighted by Gasteiger charge is -2.01. The van der Waals surface area contributed by atoms with Crippen molar-refractivity contribution in [3.05, 3.63) is 75.9 Å². The third-order valence-electron chi connectivity index (χ3n) is 3.90. The van der Waals surface area contributed by atoms with Crippen molar-refractivity contribution in [3.63, 3.8) is 0 Å². The number of aromatic amines is 1. The molecule has 3 aromatic rings. The fourth-order valence-corrected chi connectivity index (χ4v) is 2.47. The topological polar surface area (TPSA) is 70.1 Å². The molecule has 0 aliphatic heterocycles. The van der Waals surface area contributed by atoms with Crippen LogP contribution in [0.15, 0.2) is 53.6 Å². The van der Waals surface area contributed by atoms with Crippen molar-refractivity contribution in [2.45, 2.75) is 13.8 Å². The standard InChI is InChI=1S/C19H17ClN4O/c1-12-7-8-14(9-13(12)2)17-10-18(23-22-17)19(25)24-21-11-15-5-3-4-6-16(15)20/h3-11H,1-2H3,(H,22,23)(H,24,25)/b21-11-. The van der Waals surface area contributed by atoms with Crippen LogP contribution in [0, 0.1) is 13.8 Å². The molecule has 25 heavy (non-hydrogen) atoms. The largest absolute Gasteiger partial charge is 0.289 e. The van der Waals surface area contributed by atoms with Crippen LogP contribution in [-0.2, 0) is 0 Å². The number of nitrogens with one attached hydrogen (secondary N) is 2. The van der Waals surface area contributed by atoms with Crippen molar-refractivity contribution in [2.75, 3.05) is 0 Å². The molecule has 0 aliphatic rings. The number of rotatable bonds is 4.